The highest BCUT2D eigenvalue weighted by atomic mass is 16.5. The van der Waals surface area contributed by atoms with Crippen molar-refractivity contribution in [2.75, 3.05) is 24.0 Å². The van der Waals surface area contributed by atoms with Gasteiger partial charge in [-0.3, -0.25) is 0 Å². The van der Waals surface area contributed by atoms with E-state index in [9.17, 15) is 0 Å². The van der Waals surface area contributed by atoms with Crippen molar-refractivity contribution < 1.29 is 9.47 Å². The minimum atomic E-state index is -0.717. The van der Waals surface area contributed by atoms with Crippen molar-refractivity contribution in [3.8, 4) is 33.8 Å². The molecule has 0 aromatic heterocycles. The Morgan fingerprint density at radius 3 is 0.878 bits per heavy atom. The fourth-order valence-corrected chi connectivity index (χ4v) is 12.2. The van der Waals surface area contributed by atoms with Crippen molar-refractivity contribution in [1.29, 1.82) is 0 Å². The van der Waals surface area contributed by atoms with Gasteiger partial charge in [0.2, 0.25) is 0 Å². The van der Waals surface area contributed by atoms with Gasteiger partial charge < -0.3 is 19.3 Å². The van der Waals surface area contributed by atoms with Gasteiger partial charge in [0.05, 0.1) is 25.0 Å². The Bertz CT molecular complexity index is 3470. The summed E-state index contributed by atoms with van der Waals surface area (Å²) in [5.74, 6) is 1.65. The van der Waals surface area contributed by atoms with Crippen LogP contribution in [0.25, 0.3) is 22.3 Å². The number of rotatable bonds is 12. The van der Waals surface area contributed by atoms with Crippen LogP contribution in [-0.2, 0) is 10.8 Å². The zero-order chi connectivity index (χ0) is 49.6. The summed E-state index contributed by atoms with van der Waals surface area (Å²) < 4.78 is 11.6. The Hall–Kier alpha value is -9.38. The largest absolute Gasteiger partial charge is 0.497 e. The number of hydrogen-bond acceptors (Lipinski definition) is 4. The maximum absolute atomic E-state index is 5.82. The SMILES string of the molecule is COc1cccc(-c2ccc3c(c2)[C@]2(c4ccc(N(c5ccccc5)c5ccccc5)cc4)c4ccccc4[C@@]3(c3ccc(N(c4ccccc4)c4ccccc4)cc3)c3cc(-c4cccc(OC)c4)ccc32)c1. The van der Waals surface area contributed by atoms with Crippen LogP contribution in [0.15, 0.2) is 279 Å². The van der Waals surface area contributed by atoms with Crippen LogP contribution in [0.3, 0.4) is 0 Å². The first-order valence-corrected chi connectivity index (χ1v) is 25.3. The van der Waals surface area contributed by atoms with Gasteiger partial charge in [0.15, 0.2) is 0 Å². The highest BCUT2D eigenvalue weighted by Crippen LogP contribution is 2.67. The molecule has 0 aliphatic heterocycles. The molecule has 0 saturated carbocycles. The molecule has 0 radical (unpaired) electrons. The van der Waals surface area contributed by atoms with E-state index in [1.165, 1.54) is 44.5 Å². The molecule has 0 unspecified atom stereocenters. The lowest BCUT2D eigenvalue weighted by atomic mass is 9.44. The Kier molecular flexibility index (Phi) is 11.0. The number of methoxy groups -OCH3 is 2. The molecule has 74 heavy (non-hydrogen) atoms. The van der Waals surface area contributed by atoms with Gasteiger partial charge in [0, 0.05) is 34.1 Å². The van der Waals surface area contributed by atoms with Crippen LogP contribution >= 0.6 is 0 Å². The molecule has 4 nitrogen and oxygen atoms in total. The molecule has 3 aliphatic rings. The summed E-state index contributed by atoms with van der Waals surface area (Å²) in [6.07, 6.45) is 0. The van der Waals surface area contributed by atoms with E-state index < -0.39 is 10.8 Å². The first-order valence-electron chi connectivity index (χ1n) is 25.3. The molecule has 0 heterocycles. The molecule has 4 heteroatoms. The minimum absolute atomic E-state index is 0.717. The van der Waals surface area contributed by atoms with Gasteiger partial charge >= 0.3 is 0 Å². The maximum atomic E-state index is 5.82. The molecule has 0 saturated heterocycles. The fourth-order valence-electron chi connectivity index (χ4n) is 12.2. The summed E-state index contributed by atoms with van der Waals surface area (Å²) in [6, 6.07) is 102. The van der Waals surface area contributed by atoms with E-state index in [1.54, 1.807) is 14.2 Å². The quantitative estimate of drug-likeness (QED) is 0.122. The van der Waals surface area contributed by atoms with Crippen molar-refractivity contribution in [3.05, 3.63) is 324 Å². The van der Waals surface area contributed by atoms with Gasteiger partial charge in [-0.25, -0.2) is 0 Å². The van der Waals surface area contributed by atoms with Crippen LogP contribution in [0.5, 0.6) is 11.5 Å². The molecule has 354 valence electrons. The highest BCUT2D eigenvalue weighted by Gasteiger charge is 2.60. The van der Waals surface area contributed by atoms with Gasteiger partial charge in [0.1, 0.15) is 11.5 Å². The summed E-state index contributed by atoms with van der Waals surface area (Å²) in [7, 11) is 3.48. The normalized spacial score (nSPS) is 15.8. The molecule has 11 aromatic rings. The van der Waals surface area contributed by atoms with Crippen LogP contribution in [0.2, 0.25) is 0 Å². The first kappa shape index (κ1) is 44.6. The third-order valence-electron chi connectivity index (χ3n) is 15.4. The molecule has 3 aliphatic carbocycles. The topological polar surface area (TPSA) is 24.9 Å². The predicted molar refractivity (Wildman–Crippen MR) is 304 cm³/mol. The summed E-state index contributed by atoms with van der Waals surface area (Å²) in [5, 5.41) is 0. The lowest BCUT2D eigenvalue weighted by Gasteiger charge is -2.57. The third kappa shape index (κ3) is 7.05. The van der Waals surface area contributed by atoms with Crippen LogP contribution in [0.1, 0.15) is 44.5 Å². The summed E-state index contributed by atoms with van der Waals surface area (Å²) in [5.41, 5.74) is 19.5. The monoisotopic (exact) mass is 952 g/mol. The molecule has 0 N–H and O–H groups in total. The van der Waals surface area contributed by atoms with Gasteiger partial charge in [-0.15, -0.1) is 0 Å². The molecular weight excluding hydrogens is 901 g/mol. The number of para-hydroxylation sites is 4. The number of ether oxygens (including phenoxy) is 2. The van der Waals surface area contributed by atoms with Crippen LogP contribution < -0.4 is 19.3 Å². The summed E-state index contributed by atoms with van der Waals surface area (Å²) >= 11 is 0. The van der Waals surface area contributed by atoms with E-state index in [-0.39, 0.29) is 0 Å². The summed E-state index contributed by atoms with van der Waals surface area (Å²) in [4.78, 5) is 4.68. The zero-order valence-electron chi connectivity index (χ0n) is 41.3. The Labute approximate surface area is 433 Å². The minimum Gasteiger partial charge on any atom is -0.497 e. The van der Waals surface area contributed by atoms with E-state index in [4.69, 9.17) is 9.47 Å². The van der Waals surface area contributed by atoms with Gasteiger partial charge in [-0.05, 0) is 176 Å². The molecule has 0 fully saturated rings. The highest BCUT2D eigenvalue weighted by molar-refractivity contribution is 5.87. The third-order valence-corrected chi connectivity index (χ3v) is 15.4. The molecular formula is C70H52N2O2. The van der Waals surface area contributed by atoms with Crippen molar-refractivity contribution in [2.45, 2.75) is 10.8 Å². The molecule has 14 rings (SSSR count). The van der Waals surface area contributed by atoms with Crippen molar-refractivity contribution >= 4 is 34.1 Å². The van der Waals surface area contributed by atoms with E-state index in [0.717, 1.165) is 67.9 Å². The molecule has 0 amide bonds. The summed E-state index contributed by atoms with van der Waals surface area (Å²) in [6.45, 7) is 0. The average molecular weight is 953 g/mol. The first-order chi connectivity index (χ1) is 36.6. The van der Waals surface area contributed by atoms with E-state index in [1.807, 2.05) is 12.1 Å². The number of anilines is 6. The van der Waals surface area contributed by atoms with Crippen molar-refractivity contribution in [2.24, 2.45) is 0 Å². The van der Waals surface area contributed by atoms with Crippen molar-refractivity contribution in [1.82, 2.24) is 0 Å². The second-order valence-electron chi connectivity index (χ2n) is 19.1. The van der Waals surface area contributed by atoms with Gasteiger partial charge in [0.25, 0.3) is 0 Å². The van der Waals surface area contributed by atoms with Crippen LogP contribution in [-0.4, -0.2) is 14.2 Å². The van der Waals surface area contributed by atoms with E-state index in [2.05, 4.69) is 277 Å². The lowest BCUT2D eigenvalue weighted by molar-refractivity contribution is 0.415. The Balaban J connectivity index is 1.09. The molecule has 11 aromatic carbocycles. The standard InChI is InChI=1S/C70H52N2O2/c1-73-61-29-17-19-49(45-61)51-33-43-65-67(47-51)69(53-35-39-59(40-36-53)71(55-21-7-3-8-22-55)56-23-9-4-10-24-56)63-31-15-16-32-64(63)70(65,68-48-52(34-44-66(68)69)50-20-18-30-62(46-50)74-2)54-37-41-60(42-38-54)72(57-25-11-5-12-26-57)58-27-13-6-14-28-58/h3-48H,1-2H3/t69-,70-/m1/s1. The van der Waals surface area contributed by atoms with Crippen molar-refractivity contribution in [3.63, 3.8) is 0 Å². The second-order valence-corrected chi connectivity index (χ2v) is 19.1. The fraction of sp³-hybridized carbons (Fsp3) is 0.0571. The van der Waals surface area contributed by atoms with Gasteiger partial charge in [-0.1, -0.05) is 170 Å². The number of nitrogens with zero attached hydrogens (tertiary/aromatic N) is 2. The maximum Gasteiger partial charge on any atom is 0.119 e. The smallest absolute Gasteiger partial charge is 0.119 e. The van der Waals surface area contributed by atoms with Crippen LogP contribution in [0, 0.1) is 0 Å². The van der Waals surface area contributed by atoms with E-state index >= 15 is 0 Å². The molecule has 0 spiro atoms. The Morgan fingerprint density at radius 2 is 0.541 bits per heavy atom. The van der Waals surface area contributed by atoms with Crippen LogP contribution in [0.4, 0.5) is 34.1 Å². The molecule has 2 bridgehead atoms. The Morgan fingerprint density at radius 1 is 0.243 bits per heavy atom. The molecule has 2 atom stereocenters. The second kappa shape index (κ2) is 18.3. The van der Waals surface area contributed by atoms with Gasteiger partial charge in [-0.2, -0.15) is 0 Å². The number of hydrogen-bond donors (Lipinski definition) is 0. The average Bonchev–Trinajstić information content (AvgIpc) is 3.54. The predicted octanol–water partition coefficient (Wildman–Crippen LogP) is 17.4. The lowest BCUT2D eigenvalue weighted by Crippen LogP contribution is -2.52. The zero-order valence-corrected chi connectivity index (χ0v) is 41.3. The number of benzene rings is 11. The van der Waals surface area contributed by atoms with E-state index in [0.29, 0.717) is 0 Å².